The number of aryl methyl sites for hydroxylation is 1. The molecule has 7 heteroatoms. The summed E-state index contributed by atoms with van der Waals surface area (Å²) in [6.07, 6.45) is 0.845. The van der Waals surface area contributed by atoms with Crippen LogP contribution in [0.4, 0.5) is 11.5 Å². The van der Waals surface area contributed by atoms with Gasteiger partial charge in [-0.1, -0.05) is 0 Å². The van der Waals surface area contributed by atoms with E-state index in [1.165, 1.54) is 0 Å². The molecule has 0 radical (unpaired) electrons. The van der Waals surface area contributed by atoms with E-state index in [2.05, 4.69) is 15.3 Å². The van der Waals surface area contributed by atoms with Gasteiger partial charge >= 0.3 is 0 Å². The van der Waals surface area contributed by atoms with Crippen molar-refractivity contribution in [2.75, 3.05) is 16.8 Å². The van der Waals surface area contributed by atoms with Crippen LogP contribution in [0.15, 0.2) is 0 Å². The molecule has 6 nitrogen and oxygen atoms in total. The molecule has 0 bridgehead atoms. The molecule has 3 heterocycles. The van der Waals surface area contributed by atoms with Crippen LogP contribution in [0.2, 0.25) is 5.28 Å². The molecule has 0 aromatic carbocycles. The van der Waals surface area contributed by atoms with Crippen molar-refractivity contribution in [2.45, 2.75) is 31.9 Å². The summed E-state index contributed by atoms with van der Waals surface area (Å²) >= 11 is 5.87. The molecule has 2 N–H and O–H groups in total. The maximum absolute atomic E-state index is 12.2. The Bertz CT molecular complexity index is 520. The van der Waals surface area contributed by atoms with Gasteiger partial charge < -0.3 is 15.3 Å². The van der Waals surface area contributed by atoms with Gasteiger partial charge in [0.15, 0.2) is 5.82 Å². The largest absolute Gasteiger partial charge is 0.391 e. The van der Waals surface area contributed by atoms with Gasteiger partial charge in [-0.2, -0.15) is 4.98 Å². The Balaban J connectivity index is 2.14. The van der Waals surface area contributed by atoms with Crippen LogP contribution in [0.3, 0.4) is 0 Å². The van der Waals surface area contributed by atoms with Crippen molar-refractivity contribution in [3.8, 4) is 0 Å². The fourth-order valence-corrected chi connectivity index (χ4v) is 2.66. The molecular weight excluding hydrogens is 256 g/mol. The number of carbonyl (C=O) groups is 1. The molecule has 0 fully saturated rings. The summed E-state index contributed by atoms with van der Waals surface area (Å²) in [5.74, 6) is 0.402. The first kappa shape index (κ1) is 11.7. The number of rotatable bonds is 1. The summed E-state index contributed by atoms with van der Waals surface area (Å²) in [6, 6.07) is -0.672. The van der Waals surface area contributed by atoms with Gasteiger partial charge in [-0.05, 0) is 31.4 Å². The Hall–Kier alpha value is -1.40. The lowest BCUT2D eigenvalue weighted by Crippen LogP contribution is -2.53. The zero-order valence-electron chi connectivity index (χ0n) is 9.85. The van der Waals surface area contributed by atoms with Gasteiger partial charge in [0.1, 0.15) is 11.7 Å². The molecule has 1 aromatic heterocycles. The van der Waals surface area contributed by atoms with Gasteiger partial charge in [-0.15, -0.1) is 0 Å². The number of halogens is 1. The van der Waals surface area contributed by atoms with Crippen LogP contribution in [-0.2, 0) is 11.2 Å². The highest BCUT2D eigenvalue weighted by Gasteiger charge is 2.39. The summed E-state index contributed by atoms with van der Waals surface area (Å²) in [6.45, 7) is 2.21. The monoisotopic (exact) mass is 268 g/mol. The normalized spacial score (nSPS) is 23.4. The number of anilines is 2. The lowest BCUT2D eigenvalue weighted by atomic mass is 10.0. The van der Waals surface area contributed by atoms with Crippen LogP contribution in [-0.4, -0.2) is 39.7 Å². The van der Waals surface area contributed by atoms with Crippen molar-refractivity contribution < 1.29 is 9.90 Å². The van der Waals surface area contributed by atoms with Gasteiger partial charge in [0, 0.05) is 6.54 Å². The van der Waals surface area contributed by atoms with E-state index >= 15 is 0 Å². The molecule has 96 valence electrons. The average Bonchev–Trinajstić information content (AvgIpc) is 2.32. The Morgan fingerprint density at radius 1 is 1.56 bits per heavy atom. The number of aromatic nitrogens is 2. The second kappa shape index (κ2) is 4.07. The van der Waals surface area contributed by atoms with E-state index < -0.39 is 12.1 Å². The molecule has 0 aliphatic carbocycles. The van der Waals surface area contributed by atoms with Crippen LogP contribution in [0, 0.1) is 0 Å². The predicted octanol–water partition coefficient (Wildman–Crippen LogP) is 0.584. The van der Waals surface area contributed by atoms with Gasteiger partial charge in [-0.25, -0.2) is 4.98 Å². The molecule has 0 unspecified atom stereocenters. The van der Waals surface area contributed by atoms with Crippen molar-refractivity contribution in [2.24, 2.45) is 0 Å². The zero-order chi connectivity index (χ0) is 12.9. The number of carbonyl (C=O) groups excluding carboxylic acids is 1. The standard InChI is InChI=1S/C11H13ClN4O2/c1-5(17)7-10(18)16-4-2-3-6-8(16)9(14-7)15-11(12)13-6/h5,7,17H,2-4H2,1H3,(H,13,14,15)/t5-,7+/m1/s1. The topological polar surface area (TPSA) is 78.3 Å². The van der Waals surface area contributed by atoms with Gasteiger partial charge in [0.25, 0.3) is 5.91 Å². The minimum absolute atomic E-state index is 0.135. The van der Waals surface area contributed by atoms with E-state index in [0.29, 0.717) is 18.1 Å². The molecule has 18 heavy (non-hydrogen) atoms. The molecule has 1 amide bonds. The van der Waals surface area contributed by atoms with Gasteiger partial charge in [0.05, 0.1) is 11.8 Å². The maximum atomic E-state index is 12.2. The average molecular weight is 269 g/mol. The van der Waals surface area contributed by atoms with E-state index in [4.69, 9.17) is 11.6 Å². The lowest BCUT2D eigenvalue weighted by Gasteiger charge is -2.38. The fourth-order valence-electron chi connectivity index (χ4n) is 2.47. The Labute approximate surface area is 109 Å². The van der Waals surface area contributed by atoms with Gasteiger partial charge in [-0.3, -0.25) is 4.79 Å². The number of hydrogen-bond acceptors (Lipinski definition) is 5. The second-order valence-electron chi connectivity index (χ2n) is 4.59. The van der Waals surface area contributed by atoms with E-state index in [1.807, 2.05) is 0 Å². The van der Waals surface area contributed by atoms with Crippen molar-refractivity contribution >= 4 is 29.0 Å². The summed E-state index contributed by atoms with van der Waals surface area (Å²) in [5, 5.41) is 12.8. The van der Waals surface area contributed by atoms with Crippen LogP contribution in [0.5, 0.6) is 0 Å². The van der Waals surface area contributed by atoms with Crippen molar-refractivity contribution in [3.05, 3.63) is 11.0 Å². The molecule has 0 spiro atoms. The third kappa shape index (κ3) is 1.64. The lowest BCUT2D eigenvalue weighted by molar-refractivity contribution is -0.121. The number of aliphatic hydroxyl groups is 1. The third-order valence-corrected chi connectivity index (χ3v) is 3.47. The smallest absolute Gasteiger partial charge is 0.252 e. The number of aliphatic hydroxyl groups excluding tert-OH is 1. The molecule has 1 aromatic rings. The summed E-state index contributed by atoms with van der Waals surface area (Å²) < 4.78 is 0. The van der Waals surface area contributed by atoms with Crippen molar-refractivity contribution in [1.82, 2.24) is 9.97 Å². The second-order valence-corrected chi connectivity index (χ2v) is 4.93. The first-order chi connectivity index (χ1) is 8.58. The highest BCUT2D eigenvalue weighted by Crippen LogP contribution is 2.37. The molecule has 0 saturated carbocycles. The summed E-state index contributed by atoms with van der Waals surface area (Å²) in [5.41, 5.74) is 1.51. The Morgan fingerprint density at radius 3 is 3.06 bits per heavy atom. The summed E-state index contributed by atoms with van der Waals surface area (Å²) in [4.78, 5) is 22.2. The Kier molecular flexibility index (Phi) is 2.64. The highest BCUT2D eigenvalue weighted by atomic mass is 35.5. The van der Waals surface area contributed by atoms with Crippen LogP contribution in [0.1, 0.15) is 19.0 Å². The first-order valence-corrected chi connectivity index (χ1v) is 6.28. The van der Waals surface area contributed by atoms with Gasteiger partial charge in [0.2, 0.25) is 5.28 Å². The van der Waals surface area contributed by atoms with Crippen molar-refractivity contribution in [3.63, 3.8) is 0 Å². The number of hydrogen-bond donors (Lipinski definition) is 2. The molecule has 2 aliphatic rings. The summed E-state index contributed by atoms with van der Waals surface area (Å²) in [7, 11) is 0. The molecule has 3 rings (SSSR count). The van der Waals surface area contributed by atoms with Crippen molar-refractivity contribution in [1.29, 1.82) is 0 Å². The number of nitrogens with zero attached hydrogens (tertiary/aromatic N) is 3. The van der Waals surface area contributed by atoms with Crippen LogP contribution in [0.25, 0.3) is 0 Å². The molecular formula is C11H13ClN4O2. The first-order valence-electron chi connectivity index (χ1n) is 5.90. The predicted molar refractivity (Wildman–Crippen MR) is 66.8 cm³/mol. The maximum Gasteiger partial charge on any atom is 0.252 e. The quantitative estimate of drug-likeness (QED) is 0.729. The zero-order valence-corrected chi connectivity index (χ0v) is 10.6. The molecule has 2 atom stereocenters. The molecule has 2 aliphatic heterocycles. The molecule has 0 saturated heterocycles. The Morgan fingerprint density at radius 2 is 2.33 bits per heavy atom. The third-order valence-electron chi connectivity index (χ3n) is 3.30. The highest BCUT2D eigenvalue weighted by molar-refractivity contribution is 6.28. The SMILES string of the molecule is C[C@@H](O)[C@@H]1Nc2nc(Cl)nc3c2N(CCC3)C1=O. The fraction of sp³-hybridized carbons (Fsp3) is 0.545. The number of nitrogens with one attached hydrogen (secondary N) is 1. The van der Waals surface area contributed by atoms with Crippen LogP contribution >= 0.6 is 11.6 Å². The van der Waals surface area contributed by atoms with Crippen LogP contribution < -0.4 is 10.2 Å². The van der Waals surface area contributed by atoms with E-state index in [0.717, 1.165) is 18.5 Å². The number of amides is 1. The van der Waals surface area contributed by atoms with E-state index in [9.17, 15) is 9.90 Å². The minimum atomic E-state index is -0.787. The minimum Gasteiger partial charge on any atom is -0.391 e. The van der Waals surface area contributed by atoms with E-state index in [-0.39, 0.29) is 11.2 Å². The van der Waals surface area contributed by atoms with E-state index in [1.54, 1.807) is 11.8 Å².